The maximum absolute atomic E-state index is 9.72. The van der Waals surface area contributed by atoms with E-state index in [0.717, 1.165) is 13.0 Å². The first-order chi connectivity index (χ1) is 7.48. The van der Waals surface area contributed by atoms with Crippen molar-refractivity contribution < 1.29 is 9.84 Å². The summed E-state index contributed by atoms with van der Waals surface area (Å²) in [6, 6.07) is 0.559. The average molecular weight is 227 g/mol. The predicted molar refractivity (Wildman–Crippen MR) is 64.4 cm³/mol. The topological polar surface area (TPSA) is 41.5 Å². The molecule has 0 bridgehead atoms. The van der Waals surface area contributed by atoms with Crippen molar-refractivity contribution in [2.75, 3.05) is 13.2 Å². The second-order valence-corrected chi connectivity index (χ2v) is 6.01. The van der Waals surface area contributed by atoms with Gasteiger partial charge in [-0.05, 0) is 40.0 Å². The van der Waals surface area contributed by atoms with E-state index in [4.69, 9.17) is 4.74 Å². The van der Waals surface area contributed by atoms with Crippen LogP contribution in [0.2, 0.25) is 0 Å². The van der Waals surface area contributed by atoms with E-state index in [1.54, 1.807) is 0 Å². The van der Waals surface area contributed by atoms with Crippen molar-refractivity contribution >= 4 is 0 Å². The van der Waals surface area contributed by atoms with Crippen molar-refractivity contribution in [1.82, 2.24) is 5.32 Å². The smallest absolute Gasteiger partial charge is 0.0715 e. The first-order valence-corrected chi connectivity index (χ1v) is 6.55. The summed E-state index contributed by atoms with van der Waals surface area (Å²) >= 11 is 0. The first-order valence-electron chi connectivity index (χ1n) is 6.55. The van der Waals surface area contributed by atoms with Crippen molar-refractivity contribution in [1.29, 1.82) is 0 Å². The van der Waals surface area contributed by atoms with Crippen molar-refractivity contribution in [3.05, 3.63) is 0 Å². The van der Waals surface area contributed by atoms with Gasteiger partial charge in [0.1, 0.15) is 0 Å². The van der Waals surface area contributed by atoms with E-state index in [0.29, 0.717) is 24.1 Å². The lowest BCUT2D eigenvalue weighted by Gasteiger charge is -2.61. The van der Waals surface area contributed by atoms with E-state index in [2.05, 4.69) is 12.2 Å². The Hall–Kier alpha value is -0.120. The Morgan fingerprint density at radius 2 is 2.12 bits per heavy atom. The van der Waals surface area contributed by atoms with Crippen LogP contribution in [0.1, 0.15) is 46.5 Å². The summed E-state index contributed by atoms with van der Waals surface area (Å²) in [6.45, 7) is 7.28. The lowest BCUT2D eigenvalue weighted by atomic mass is 9.51. The predicted octanol–water partition coefficient (Wildman–Crippen LogP) is 1.69. The lowest BCUT2D eigenvalue weighted by molar-refractivity contribution is -0.174. The fourth-order valence-corrected chi connectivity index (χ4v) is 3.10. The van der Waals surface area contributed by atoms with Gasteiger partial charge in [-0.25, -0.2) is 0 Å². The molecule has 0 radical (unpaired) electrons. The lowest BCUT2D eigenvalue weighted by Crippen LogP contribution is -2.67. The Morgan fingerprint density at radius 1 is 1.44 bits per heavy atom. The molecular weight excluding hydrogens is 202 g/mol. The van der Waals surface area contributed by atoms with Crippen LogP contribution in [0, 0.1) is 5.41 Å². The highest BCUT2D eigenvalue weighted by Gasteiger charge is 2.58. The van der Waals surface area contributed by atoms with Crippen molar-refractivity contribution in [3.8, 4) is 0 Å². The van der Waals surface area contributed by atoms with E-state index in [-0.39, 0.29) is 0 Å². The number of ether oxygens (including phenoxy) is 1. The monoisotopic (exact) mass is 227 g/mol. The van der Waals surface area contributed by atoms with Crippen LogP contribution in [0.25, 0.3) is 0 Å². The van der Waals surface area contributed by atoms with Crippen LogP contribution < -0.4 is 5.32 Å². The second kappa shape index (κ2) is 4.28. The van der Waals surface area contributed by atoms with Crippen LogP contribution in [0.15, 0.2) is 0 Å². The summed E-state index contributed by atoms with van der Waals surface area (Å²) in [5, 5.41) is 13.2. The molecule has 1 spiro atoms. The van der Waals surface area contributed by atoms with Gasteiger partial charge in [-0.15, -0.1) is 0 Å². The number of hydrogen-bond acceptors (Lipinski definition) is 3. The zero-order chi connectivity index (χ0) is 11.8. The van der Waals surface area contributed by atoms with E-state index in [1.165, 1.54) is 19.3 Å². The molecule has 0 saturated heterocycles. The van der Waals surface area contributed by atoms with E-state index in [9.17, 15) is 5.11 Å². The minimum atomic E-state index is -0.609. The van der Waals surface area contributed by atoms with Gasteiger partial charge in [0.15, 0.2) is 0 Å². The number of nitrogens with one attached hydrogen (secondary N) is 1. The zero-order valence-electron chi connectivity index (χ0n) is 10.8. The summed E-state index contributed by atoms with van der Waals surface area (Å²) in [7, 11) is 0. The number of hydrogen-bond donors (Lipinski definition) is 2. The van der Waals surface area contributed by atoms with Gasteiger partial charge in [-0.2, -0.15) is 0 Å². The Labute approximate surface area is 98.6 Å². The SMILES string of the molecule is CCOC1CC(NCC(C)(C)O)C12CCC2. The Balaban J connectivity index is 1.84. The van der Waals surface area contributed by atoms with Gasteiger partial charge in [0.2, 0.25) is 0 Å². The quantitative estimate of drug-likeness (QED) is 0.751. The van der Waals surface area contributed by atoms with E-state index < -0.39 is 5.60 Å². The third-order valence-electron chi connectivity index (χ3n) is 4.22. The molecule has 3 nitrogen and oxygen atoms in total. The van der Waals surface area contributed by atoms with E-state index >= 15 is 0 Å². The molecule has 94 valence electrons. The fourth-order valence-electron chi connectivity index (χ4n) is 3.10. The highest BCUT2D eigenvalue weighted by atomic mass is 16.5. The maximum Gasteiger partial charge on any atom is 0.0715 e. The van der Waals surface area contributed by atoms with Gasteiger partial charge in [-0.3, -0.25) is 0 Å². The molecule has 2 unspecified atom stereocenters. The standard InChI is InChI=1S/C13H25NO2/c1-4-16-11-8-10(13(11)6-5-7-13)14-9-12(2,3)15/h10-11,14-15H,4-9H2,1-3H3. The van der Waals surface area contributed by atoms with Gasteiger partial charge in [-0.1, -0.05) is 6.42 Å². The van der Waals surface area contributed by atoms with Crippen LogP contribution in [0.3, 0.4) is 0 Å². The van der Waals surface area contributed by atoms with Gasteiger partial charge in [0.05, 0.1) is 11.7 Å². The van der Waals surface area contributed by atoms with Crippen LogP contribution in [-0.2, 0) is 4.74 Å². The molecule has 2 saturated carbocycles. The van der Waals surface area contributed by atoms with Crippen molar-refractivity contribution in [2.24, 2.45) is 5.41 Å². The van der Waals surface area contributed by atoms with Gasteiger partial charge in [0, 0.05) is 24.6 Å². The number of rotatable bonds is 5. The molecule has 2 aliphatic carbocycles. The first kappa shape index (κ1) is 12.3. The highest BCUT2D eigenvalue weighted by molar-refractivity contribution is 5.12. The van der Waals surface area contributed by atoms with Crippen molar-refractivity contribution in [2.45, 2.75) is 64.2 Å². The second-order valence-electron chi connectivity index (χ2n) is 6.01. The maximum atomic E-state index is 9.72. The van der Waals surface area contributed by atoms with Crippen LogP contribution in [-0.4, -0.2) is 36.0 Å². The van der Waals surface area contributed by atoms with Crippen LogP contribution in [0.4, 0.5) is 0 Å². The molecule has 0 aliphatic heterocycles. The minimum absolute atomic E-state index is 0.404. The molecule has 2 aliphatic rings. The van der Waals surface area contributed by atoms with Crippen molar-refractivity contribution in [3.63, 3.8) is 0 Å². The summed E-state index contributed by atoms with van der Waals surface area (Å²) in [4.78, 5) is 0. The number of aliphatic hydroxyl groups is 1. The largest absolute Gasteiger partial charge is 0.389 e. The molecule has 16 heavy (non-hydrogen) atoms. The molecule has 0 amide bonds. The van der Waals surface area contributed by atoms with Gasteiger partial charge in [0.25, 0.3) is 0 Å². The molecule has 0 aromatic carbocycles. The Kier molecular flexibility index (Phi) is 3.30. The molecule has 2 rings (SSSR count). The fraction of sp³-hybridized carbons (Fsp3) is 1.00. The molecule has 2 N–H and O–H groups in total. The normalized spacial score (nSPS) is 32.2. The minimum Gasteiger partial charge on any atom is -0.389 e. The molecule has 0 aromatic rings. The van der Waals surface area contributed by atoms with Gasteiger partial charge < -0.3 is 15.2 Å². The third-order valence-corrected chi connectivity index (χ3v) is 4.22. The van der Waals surface area contributed by atoms with Gasteiger partial charge >= 0.3 is 0 Å². The summed E-state index contributed by atoms with van der Waals surface area (Å²) in [5.41, 5.74) is -0.205. The molecule has 2 atom stereocenters. The molecular formula is C13H25NO2. The van der Waals surface area contributed by atoms with Crippen LogP contribution >= 0.6 is 0 Å². The zero-order valence-corrected chi connectivity index (χ0v) is 10.8. The summed E-state index contributed by atoms with van der Waals surface area (Å²) < 4.78 is 5.80. The molecule has 2 fully saturated rings. The third kappa shape index (κ3) is 2.13. The molecule has 0 heterocycles. The van der Waals surface area contributed by atoms with E-state index in [1.807, 2.05) is 13.8 Å². The average Bonchev–Trinajstić information content (AvgIpc) is 2.05. The Bertz CT molecular complexity index is 243. The Morgan fingerprint density at radius 3 is 2.56 bits per heavy atom. The highest BCUT2D eigenvalue weighted by Crippen LogP contribution is 2.57. The molecule has 0 aromatic heterocycles. The summed E-state index contributed by atoms with van der Waals surface area (Å²) in [5.74, 6) is 0. The van der Waals surface area contributed by atoms with Crippen LogP contribution in [0.5, 0.6) is 0 Å². The molecule has 3 heteroatoms. The summed E-state index contributed by atoms with van der Waals surface area (Å²) in [6.07, 6.45) is 5.50.